The van der Waals surface area contributed by atoms with Gasteiger partial charge in [-0.3, -0.25) is 4.99 Å². The normalized spacial score (nSPS) is 21.2. The molecule has 9 heteroatoms. The van der Waals surface area contributed by atoms with Gasteiger partial charge in [-0.15, -0.1) is 35.3 Å². The number of guanidine groups is 1. The molecule has 0 amide bonds. The van der Waals surface area contributed by atoms with Gasteiger partial charge in [-0.1, -0.05) is 13.8 Å². The first-order valence-corrected chi connectivity index (χ1v) is 11.5. The van der Waals surface area contributed by atoms with Crippen LogP contribution in [0.4, 0.5) is 0 Å². The van der Waals surface area contributed by atoms with E-state index >= 15 is 0 Å². The molecule has 0 atom stereocenters. The van der Waals surface area contributed by atoms with Crippen molar-refractivity contribution in [2.45, 2.75) is 56.3 Å². The molecule has 1 aliphatic rings. The van der Waals surface area contributed by atoms with Gasteiger partial charge in [0.05, 0.1) is 6.54 Å². The zero-order valence-electron chi connectivity index (χ0n) is 16.9. The van der Waals surface area contributed by atoms with Gasteiger partial charge in [-0.25, -0.2) is 12.7 Å². The van der Waals surface area contributed by atoms with Crippen molar-refractivity contribution in [3.8, 4) is 0 Å². The summed E-state index contributed by atoms with van der Waals surface area (Å²) in [6.07, 6.45) is 4.88. The first-order chi connectivity index (χ1) is 12.2. The minimum Gasteiger partial charge on any atom is -0.354 e. The standard InChI is InChI=1S/C18H32N4O2S2.HI/c1-13(2)14-6-8-15(9-7-14)21-18(19-3)20-12-16-10-11-17(25-16)26(23,24)22(4)5;/h10-11,13-15H,6-9,12H2,1-5H3,(H2,19,20,21);1H. The van der Waals surface area contributed by atoms with Crippen LogP contribution in [0, 0.1) is 11.8 Å². The Morgan fingerprint density at radius 1 is 1.26 bits per heavy atom. The molecule has 0 spiro atoms. The van der Waals surface area contributed by atoms with Gasteiger partial charge < -0.3 is 10.6 Å². The van der Waals surface area contributed by atoms with Crippen LogP contribution in [0.25, 0.3) is 0 Å². The Kier molecular flexibility index (Phi) is 10.0. The first-order valence-electron chi connectivity index (χ1n) is 9.22. The van der Waals surface area contributed by atoms with E-state index in [0.717, 1.165) is 22.7 Å². The van der Waals surface area contributed by atoms with E-state index in [2.05, 4.69) is 29.5 Å². The lowest BCUT2D eigenvalue weighted by molar-refractivity contribution is 0.250. The number of hydrogen-bond acceptors (Lipinski definition) is 4. The maximum Gasteiger partial charge on any atom is 0.252 e. The minimum atomic E-state index is -3.36. The number of nitrogens with one attached hydrogen (secondary N) is 2. The molecule has 1 aromatic heterocycles. The predicted octanol–water partition coefficient (Wildman–Crippen LogP) is 3.50. The molecular formula is C18H33IN4O2S2. The molecule has 0 aromatic carbocycles. The fraction of sp³-hybridized carbons (Fsp3) is 0.722. The summed E-state index contributed by atoms with van der Waals surface area (Å²) in [4.78, 5) is 5.28. The topological polar surface area (TPSA) is 73.8 Å². The maximum atomic E-state index is 12.2. The second-order valence-electron chi connectivity index (χ2n) is 7.43. The van der Waals surface area contributed by atoms with Crippen LogP contribution in [0.3, 0.4) is 0 Å². The molecule has 0 saturated heterocycles. The van der Waals surface area contributed by atoms with E-state index in [4.69, 9.17) is 0 Å². The molecule has 2 rings (SSSR count). The van der Waals surface area contributed by atoms with E-state index in [0.29, 0.717) is 16.8 Å². The lowest BCUT2D eigenvalue weighted by Gasteiger charge is -2.32. The first kappa shape index (κ1) is 24.6. The summed E-state index contributed by atoms with van der Waals surface area (Å²) < 4.78 is 25.9. The van der Waals surface area contributed by atoms with Gasteiger partial charge in [0, 0.05) is 32.1 Å². The number of aliphatic imine (C=N–C) groups is 1. The van der Waals surface area contributed by atoms with Crippen molar-refractivity contribution in [2.24, 2.45) is 16.8 Å². The van der Waals surface area contributed by atoms with Crippen molar-refractivity contribution in [2.75, 3.05) is 21.1 Å². The third-order valence-corrected chi connectivity index (χ3v) is 8.45. The van der Waals surface area contributed by atoms with Crippen LogP contribution in [-0.2, 0) is 16.6 Å². The Morgan fingerprint density at radius 2 is 1.89 bits per heavy atom. The fourth-order valence-electron chi connectivity index (χ4n) is 3.26. The summed E-state index contributed by atoms with van der Waals surface area (Å²) in [6.45, 7) is 5.18. The SMILES string of the molecule is CN=C(NCc1ccc(S(=O)(=O)N(C)C)s1)NC1CCC(C(C)C)CC1.I. The largest absolute Gasteiger partial charge is 0.354 e. The number of thiophene rings is 1. The predicted molar refractivity (Wildman–Crippen MR) is 125 cm³/mol. The van der Waals surface area contributed by atoms with Crippen molar-refractivity contribution >= 4 is 51.3 Å². The van der Waals surface area contributed by atoms with Crippen molar-refractivity contribution in [3.63, 3.8) is 0 Å². The van der Waals surface area contributed by atoms with Crippen LogP contribution < -0.4 is 10.6 Å². The Hall–Kier alpha value is -0.390. The molecule has 2 N–H and O–H groups in total. The van der Waals surface area contributed by atoms with E-state index in [1.54, 1.807) is 27.2 Å². The van der Waals surface area contributed by atoms with Crippen molar-refractivity contribution in [3.05, 3.63) is 17.0 Å². The molecule has 1 saturated carbocycles. The summed E-state index contributed by atoms with van der Waals surface area (Å²) in [5.41, 5.74) is 0. The van der Waals surface area contributed by atoms with Gasteiger partial charge in [0.15, 0.2) is 5.96 Å². The molecule has 1 heterocycles. The molecule has 1 aliphatic carbocycles. The van der Waals surface area contributed by atoms with Crippen LogP contribution in [-0.4, -0.2) is 45.9 Å². The molecule has 1 fully saturated rings. The van der Waals surface area contributed by atoms with Crippen LogP contribution in [0.2, 0.25) is 0 Å². The van der Waals surface area contributed by atoms with Gasteiger partial charge in [0.2, 0.25) is 0 Å². The quantitative estimate of drug-likeness (QED) is 0.337. The van der Waals surface area contributed by atoms with Gasteiger partial charge in [-0.2, -0.15) is 0 Å². The zero-order chi connectivity index (χ0) is 19.3. The second-order valence-corrected chi connectivity index (χ2v) is 11.0. The average Bonchev–Trinajstić information content (AvgIpc) is 3.08. The Bertz CT molecular complexity index is 709. The van der Waals surface area contributed by atoms with Crippen molar-refractivity contribution in [1.82, 2.24) is 14.9 Å². The maximum absolute atomic E-state index is 12.2. The van der Waals surface area contributed by atoms with Crippen molar-refractivity contribution in [1.29, 1.82) is 0 Å². The minimum absolute atomic E-state index is 0. The molecule has 0 unspecified atom stereocenters. The summed E-state index contributed by atoms with van der Waals surface area (Å²) >= 11 is 1.30. The van der Waals surface area contributed by atoms with Crippen LogP contribution in [0.1, 0.15) is 44.4 Å². The number of rotatable bonds is 6. The molecule has 1 aromatic rings. The highest BCUT2D eigenvalue weighted by Gasteiger charge is 2.24. The Labute approximate surface area is 185 Å². The summed E-state index contributed by atoms with van der Waals surface area (Å²) in [7, 11) is 1.51. The number of nitrogens with zero attached hydrogens (tertiary/aromatic N) is 2. The van der Waals surface area contributed by atoms with Gasteiger partial charge in [0.25, 0.3) is 10.0 Å². The van der Waals surface area contributed by atoms with Gasteiger partial charge in [0.1, 0.15) is 4.21 Å². The smallest absolute Gasteiger partial charge is 0.252 e. The molecular weight excluding hydrogens is 495 g/mol. The Morgan fingerprint density at radius 3 is 2.41 bits per heavy atom. The fourth-order valence-corrected chi connectivity index (χ4v) is 5.73. The summed E-state index contributed by atoms with van der Waals surface area (Å²) in [6, 6.07) is 3.99. The van der Waals surface area contributed by atoms with Gasteiger partial charge >= 0.3 is 0 Å². The highest BCUT2D eigenvalue weighted by molar-refractivity contribution is 14.0. The lowest BCUT2D eigenvalue weighted by atomic mass is 9.80. The summed E-state index contributed by atoms with van der Waals surface area (Å²) in [5, 5.41) is 6.81. The molecule has 0 aliphatic heterocycles. The molecule has 27 heavy (non-hydrogen) atoms. The van der Waals surface area contributed by atoms with E-state index in [1.165, 1.54) is 41.3 Å². The highest BCUT2D eigenvalue weighted by atomic mass is 127. The third kappa shape index (κ3) is 6.86. The number of hydrogen-bond donors (Lipinski definition) is 2. The van der Waals surface area contributed by atoms with Crippen LogP contribution in [0.15, 0.2) is 21.3 Å². The van der Waals surface area contributed by atoms with E-state index in [1.807, 2.05) is 6.07 Å². The lowest BCUT2D eigenvalue weighted by Crippen LogP contribution is -2.44. The van der Waals surface area contributed by atoms with E-state index in [9.17, 15) is 8.42 Å². The second kappa shape index (κ2) is 11.0. The molecule has 6 nitrogen and oxygen atoms in total. The monoisotopic (exact) mass is 528 g/mol. The zero-order valence-corrected chi connectivity index (χ0v) is 20.8. The van der Waals surface area contributed by atoms with Crippen molar-refractivity contribution < 1.29 is 8.42 Å². The summed E-state index contributed by atoms with van der Waals surface area (Å²) in [5.74, 6) is 2.38. The van der Waals surface area contributed by atoms with Gasteiger partial charge in [-0.05, 0) is 49.7 Å². The number of sulfonamides is 1. The number of halogens is 1. The molecule has 0 bridgehead atoms. The third-order valence-electron chi connectivity index (χ3n) is 5.08. The highest BCUT2D eigenvalue weighted by Crippen LogP contribution is 2.29. The van der Waals surface area contributed by atoms with E-state index in [-0.39, 0.29) is 24.0 Å². The van der Waals surface area contributed by atoms with Crippen LogP contribution >= 0.6 is 35.3 Å². The van der Waals surface area contributed by atoms with Crippen LogP contribution in [0.5, 0.6) is 0 Å². The van der Waals surface area contributed by atoms with E-state index < -0.39 is 10.0 Å². The molecule has 156 valence electrons. The molecule has 0 radical (unpaired) electrons. The Balaban J connectivity index is 0.00000364. The average molecular weight is 529 g/mol.